The molecule has 0 radical (unpaired) electrons. The van der Waals surface area contributed by atoms with Crippen molar-refractivity contribution in [3.05, 3.63) is 48.0 Å². The molecule has 0 unspecified atom stereocenters. The molecule has 20 heavy (non-hydrogen) atoms. The van der Waals surface area contributed by atoms with Crippen LogP contribution < -0.4 is 4.43 Å². The van der Waals surface area contributed by atoms with Crippen LogP contribution in [0, 0.1) is 6.92 Å². The molecule has 104 valence electrons. The Bertz CT molecular complexity index is 603. The van der Waals surface area contributed by atoms with Gasteiger partial charge in [0, 0.05) is 12.4 Å². The van der Waals surface area contributed by atoms with Crippen molar-refractivity contribution >= 4 is 20.2 Å². The predicted octanol–water partition coefficient (Wildman–Crippen LogP) is 3.75. The molecule has 0 aliphatic heterocycles. The van der Waals surface area contributed by atoms with E-state index in [1.807, 2.05) is 31.2 Å². The molecule has 0 atom stereocenters. The maximum absolute atomic E-state index is 6.02. The van der Waals surface area contributed by atoms with Crippen LogP contribution in [0.3, 0.4) is 0 Å². The number of rotatable bonds is 4. The van der Waals surface area contributed by atoms with Crippen molar-refractivity contribution in [2.24, 2.45) is 4.99 Å². The van der Waals surface area contributed by atoms with E-state index in [-0.39, 0.29) is 0 Å². The van der Waals surface area contributed by atoms with Crippen molar-refractivity contribution in [3.8, 4) is 5.75 Å². The number of aromatic nitrogens is 2. The molecule has 0 amide bonds. The molecule has 0 N–H and O–H groups in total. The third kappa shape index (κ3) is 4.27. The van der Waals surface area contributed by atoms with E-state index in [9.17, 15) is 0 Å². The van der Waals surface area contributed by atoms with Gasteiger partial charge >= 0.3 is 0 Å². The van der Waals surface area contributed by atoms with E-state index in [0.717, 1.165) is 17.0 Å². The first-order chi connectivity index (χ1) is 9.44. The lowest BCUT2D eigenvalue weighted by atomic mass is 10.3. The maximum atomic E-state index is 6.02. The molecule has 0 saturated carbocycles. The largest absolute Gasteiger partial charge is 0.543 e. The highest BCUT2D eigenvalue weighted by atomic mass is 28.4. The molecular weight excluding hydrogens is 266 g/mol. The monoisotopic (exact) mass is 285 g/mol. The molecule has 2 rings (SSSR count). The van der Waals surface area contributed by atoms with Gasteiger partial charge in [0.15, 0.2) is 5.82 Å². The number of hydrogen-bond donors (Lipinski definition) is 0. The Kier molecular flexibility index (Phi) is 4.29. The summed E-state index contributed by atoms with van der Waals surface area (Å²) in [6.07, 6.45) is 5.21. The predicted molar refractivity (Wildman–Crippen MR) is 84.4 cm³/mol. The minimum absolute atomic E-state index is 0.596. The zero-order valence-electron chi connectivity index (χ0n) is 12.3. The van der Waals surface area contributed by atoms with E-state index in [4.69, 9.17) is 4.43 Å². The van der Waals surface area contributed by atoms with Crippen LogP contribution in [0.4, 0.5) is 5.69 Å². The second-order valence-corrected chi connectivity index (χ2v) is 9.99. The Labute approximate surface area is 120 Å². The van der Waals surface area contributed by atoms with Gasteiger partial charge in [-0.2, -0.15) is 0 Å². The summed E-state index contributed by atoms with van der Waals surface area (Å²) in [6.45, 7) is 8.40. The summed E-state index contributed by atoms with van der Waals surface area (Å²) < 4.78 is 6.02. The van der Waals surface area contributed by atoms with Crippen molar-refractivity contribution in [1.82, 2.24) is 9.97 Å². The molecule has 0 spiro atoms. The lowest BCUT2D eigenvalue weighted by Crippen LogP contribution is -2.29. The van der Waals surface area contributed by atoms with E-state index in [1.165, 1.54) is 0 Å². The average molecular weight is 285 g/mol. The number of para-hydroxylation sites is 2. The topological polar surface area (TPSA) is 47.4 Å². The summed E-state index contributed by atoms with van der Waals surface area (Å²) in [6, 6.07) is 7.78. The van der Waals surface area contributed by atoms with Crippen molar-refractivity contribution in [2.45, 2.75) is 26.6 Å². The van der Waals surface area contributed by atoms with Gasteiger partial charge < -0.3 is 4.43 Å². The summed E-state index contributed by atoms with van der Waals surface area (Å²) in [5.41, 5.74) is 1.84. The van der Waals surface area contributed by atoms with E-state index < -0.39 is 8.32 Å². The fourth-order valence-corrected chi connectivity index (χ4v) is 2.41. The molecule has 4 nitrogen and oxygen atoms in total. The van der Waals surface area contributed by atoms with Crippen LogP contribution in [0.15, 0.2) is 41.7 Å². The molecule has 2 aromatic rings. The Morgan fingerprint density at radius 2 is 1.75 bits per heavy atom. The first-order valence-electron chi connectivity index (χ1n) is 6.55. The van der Waals surface area contributed by atoms with Crippen LogP contribution in [0.2, 0.25) is 19.6 Å². The second-order valence-electron chi connectivity index (χ2n) is 5.56. The zero-order valence-corrected chi connectivity index (χ0v) is 13.3. The van der Waals surface area contributed by atoms with Crippen LogP contribution in [-0.4, -0.2) is 24.5 Å². The highest BCUT2D eigenvalue weighted by Gasteiger charge is 2.17. The zero-order chi connectivity index (χ0) is 14.6. The number of nitrogens with zero attached hydrogens (tertiary/aromatic N) is 3. The van der Waals surface area contributed by atoms with Gasteiger partial charge in [0.2, 0.25) is 8.32 Å². The van der Waals surface area contributed by atoms with Gasteiger partial charge in [0.1, 0.15) is 11.4 Å². The van der Waals surface area contributed by atoms with Crippen molar-refractivity contribution in [3.63, 3.8) is 0 Å². The molecule has 0 bridgehead atoms. The van der Waals surface area contributed by atoms with E-state index in [0.29, 0.717) is 5.82 Å². The lowest BCUT2D eigenvalue weighted by molar-refractivity contribution is 0.559. The Morgan fingerprint density at radius 3 is 2.40 bits per heavy atom. The smallest absolute Gasteiger partial charge is 0.242 e. The van der Waals surface area contributed by atoms with Crippen LogP contribution >= 0.6 is 0 Å². The fraction of sp³-hybridized carbons (Fsp3) is 0.267. The van der Waals surface area contributed by atoms with Gasteiger partial charge in [0.05, 0.1) is 6.21 Å². The first kappa shape index (κ1) is 14.4. The van der Waals surface area contributed by atoms with Crippen molar-refractivity contribution in [1.29, 1.82) is 0 Å². The average Bonchev–Trinajstić information content (AvgIpc) is 2.38. The van der Waals surface area contributed by atoms with Gasteiger partial charge in [-0.3, -0.25) is 0 Å². The summed E-state index contributed by atoms with van der Waals surface area (Å²) in [5.74, 6) is 1.41. The Balaban J connectivity index is 2.22. The lowest BCUT2D eigenvalue weighted by Gasteiger charge is -2.20. The minimum atomic E-state index is -1.65. The molecule has 1 aromatic heterocycles. The van der Waals surface area contributed by atoms with Gasteiger partial charge in [-0.25, -0.2) is 15.0 Å². The van der Waals surface area contributed by atoms with Crippen LogP contribution in [0.25, 0.3) is 0 Å². The molecule has 0 aliphatic carbocycles. The third-order valence-corrected chi connectivity index (χ3v) is 3.23. The number of aliphatic imine (C=N–C) groups is 1. The van der Waals surface area contributed by atoms with Crippen LogP contribution in [0.1, 0.15) is 11.4 Å². The van der Waals surface area contributed by atoms with E-state index >= 15 is 0 Å². The highest BCUT2D eigenvalue weighted by Crippen LogP contribution is 2.28. The molecule has 1 aromatic carbocycles. The minimum Gasteiger partial charge on any atom is -0.543 e. The number of hydrogen-bond acceptors (Lipinski definition) is 4. The van der Waals surface area contributed by atoms with Gasteiger partial charge in [-0.15, -0.1) is 0 Å². The standard InChI is InChI=1S/C15H19N3OSi/c1-12-9-17-15(18-10-12)11-16-13-7-5-6-8-14(13)19-20(2,3)4/h5-11H,1-4H3. The Hall–Kier alpha value is -2.01. The SMILES string of the molecule is Cc1cnc(C=Nc2ccccc2O[Si](C)(C)C)nc1. The van der Waals surface area contributed by atoms with E-state index in [1.54, 1.807) is 18.6 Å². The van der Waals surface area contributed by atoms with E-state index in [2.05, 4.69) is 34.6 Å². The van der Waals surface area contributed by atoms with Crippen molar-refractivity contribution < 1.29 is 4.43 Å². The second kappa shape index (κ2) is 5.96. The normalized spacial score (nSPS) is 11.8. The van der Waals surface area contributed by atoms with Crippen LogP contribution in [0.5, 0.6) is 5.75 Å². The maximum Gasteiger partial charge on any atom is 0.242 e. The summed E-state index contributed by atoms with van der Waals surface area (Å²) in [7, 11) is -1.65. The van der Waals surface area contributed by atoms with Gasteiger partial charge in [-0.05, 0) is 44.3 Å². The van der Waals surface area contributed by atoms with Crippen molar-refractivity contribution in [2.75, 3.05) is 0 Å². The van der Waals surface area contributed by atoms with Crippen LogP contribution in [-0.2, 0) is 0 Å². The quantitative estimate of drug-likeness (QED) is 0.635. The molecule has 5 heteroatoms. The molecule has 0 fully saturated rings. The molecule has 1 heterocycles. The van der Waals surface area contributed by atoms with Gasteiger partial charge in [0.25, 0.3) is 0 Å². The third-order valence-electron chi connectivity index (χ3n) is 2.40. The van der Waals surface area contributed by atoms with Gasteiger partial charge in [-0.1, -0.05) is 12.1 Å². The Morgan fingerprint density at radius 1 is 1.10 bits per heavy atom. The first-order valence-corrected chi connectivity index (χ1v) is 9.96. The highest BCUT2D eigenvalue weighted by molar-refractivity contribution is 6.70. The molecule has 0 saturated heterocycles. The summed E-state index contributed by atoms with van der Waals surface area (Å²) in [4.78, 5) is 12.8. The number of aryl methyl sites for hydroxylation is 1. The summed E-state index contributed by atoms with van der Waals surface area (Å²) >= 11 is 0. The summed E-state index contributed by atoms with van der Waals surface area (Å²) in [5, 5.41) is 0. The number of benzene rings is 1. The molecule has 0 aliphatic rings. The molecular formula is C15H19N3OSi. The fourth-order valence-electron chi connectivity index (χ4n) is 1.58.